The van der Waals surface area contributed by atoms with Gasteiger partial charge in [0.25, 0.3) is 0 Å². The molecule has 0 amide bonds. The molecule has 3 heteroatoms. The van der Waals surface area contributed by atoms with E-state index in [2.05, 4.69) is 9.97 Å². The number of aromatic nitrogens is 2. The molecule has 1 radical (unpaired) electrons. The van der Waals surface area contributed by atoms with Crippen LogP contribution in [0.4, 0.5) is 0 Å². The number of nitrogens with one attached hydrogen (secondary N) is 1. The van der Waals surface area contributed by atoms with Gasteiger partial charge in [-0.05, 0) is 0 Å². The third-order valence-electron chi connectivity index (χ3n) is 0.406. The summed E-state index contributed by atoms with van der Waals surface area (Å²) < 4.78 is 0. The van der Waals surface area contributed by atoms with Crippen LogP contribution in [0.1, 0.15) is 0 Å². The summed E-state index contributed by atoms with van der Waals surface area (Å²) in [4.78, 5) is 6.42. The van der Waals surface area contributed by atoms with Gasteiger partial charge >= 0.3 is 0 Å². The fourth-order valence-corrected chi connectivity index (χ4v) is 0.215. The largest absolute Gasteiger partial charge is 0.351 e. The summed E-state index contributed by atoms with van der Waals surface area (Å²) in [6, 6.07) is 0. The standard InChI is InChI=1S/C3H4N2.Co/c1-2-5-3-4-1;/h1-3H,(H,4,5);. The van der Waals surface area contributed by atoms with E-state index >= 15 is 0 Å². The van der Waals surface area contributed by atoms with Gasteiger partial charge in [-0.15, -0.1) is 0 Å². The molecule has 0 bridgehead atoms. The molecule has 1 aromatic heterocycles. The third-order valence-corrected chi connectivity index (χ3v) is 0.406. The van der Waals surface area contributed by atoms with E-state index in [9.17, 15) is 0 Å². The topological polar surface area (TPSA) is 28.7 Å². The zero-order valence-electron chi connectivity index (χ0n) is 3.01. The van der Waals surface area contributed by atoms with E-state index in [4.69, 9.17) is 0 Å². The second-order valence-electron chi connectivity index (χ2n) is 0.761. The van der Waals surface area contributed by atoms with Crippen LogP contribution >= 0.6 is 0 Å². The number of hydrogen-bond donors (Lipinski definition) is 1. The van der Waals surface area contributed by atoms with Gasteiger partial charge in [-0.2, -0.15) is 0 Å². The van der Waals surface area contributed by atoms with E-state index in [-0.39, 0.29) is 16.8 Å². The minimum Gasteiger partial charge on any atom is -0.351 e. The summed E-state index contributed by atoms with van der Waals surface area (Å²) in [5.74, 6) is 0. The summed E-state index contributed by atoms with van der Waals surface area (Å²) >= 11 is 0. The smallest absolute Gasteiger partial charge is 0.0919 e. The molecule has 0 aromatic carbocycles. The van der Waals surface area contributed by atoms with Gasteiger partial charge in [-0.25, -0.2) is 4.98 Å². The van der Waals surface area contributed by atoms with Crippen LogP contribution in [0.15, 0.2) is 18.7 Å². The molecule has 1 heterocycles. The van der Waals surface area contributed by atoms with Crippen LogP contribution in [0.25, 0.3) is 0 Å². The van der Waals surface area contributed by atoms with Crippen molar-refractivity contribution in [1.29, 1.82) is 0 Å². The van der Waals surface area contributed by atoms with Crippen molar-refractivity contribution in [3.8, 4) is 0 Å². The Bertz CT molecular complexity index is 65.3. The maximum atomic E-state index is 3.67. The van der Waals surface area contributed by atoms with E-state index in [0.717, 1.165) is 0 Å². The van der Waals surface area contributed by atoms with Crippen LogP contribution in [0.2, 0.25) is 0 Å². The van der Waals surface area contributed by atoms with Crippen molar-refractivity contribution in [2.45, 2.75) is 0 Å². The Morgan fingerprint density at radius 1 is 1.50 bits per heavy atom. The van der Waals surface area contributed by atoms with E-state index in [1.165, 1.54) is 0 Å². The Morgan fingerprint density at radius 3 is 2.50 bits per heavy atom. The molecular weight excluding hydrogens is 123 g/mol. The van der Waals surface area contributed by atoms with E-state index in [1.54, 1.807) is 18.7 Å². The molecule has 0 fully saturated rings. The minimum atomic E-state index is 0. The van der Waals surface area contributed by atoms with Crippen LogP contribution in [0.5, 0.6) is 0 Å². The first kappa shape index (κ1) is 5.72. The van der Waals surface area contributed by atoms with Crippen molar-refractivity contribution in [2.75, 3.05) is 0 Å². The minimum absolute atomic E-state index is 0. The quantitative estimate of drug-likeness (QED) is 0.537. The molecule has 0 atom stereocenters. The summed E-state index contributed by atoms with van der Waals surface area (Å²) in [6.07, 6.45) is 5.08. The summed E-state index contributed by atoms with van der Waals surface area (Å²) in [5.41, 5.74) is 0. The molecule has 0 unspecified atom stereocenters. The van der Waals surface area contributed by atoms with Gasteiger partial charge in [0.2, 0.25) is 0 Å². The number of H-pyrrole nitrogens is 1. The maximum absolute atomic E-state index is 3.67. The van der Waals surface area contributed by atoms with Gasteiger partial charge in [-0.1, -0.05) is 0 Å². The Labute approximate surface area is 46.2 Å². The Kier molecular flexibility index (Phi) is 2.79. The van der Waals surface area contributed by atoms with Crippen molar-refractivity contribution in [3.63, 3.8) is 0 Å². The van der Waals surface area contributed by atoms with Gasteiger partial charge in [0, 0.05) is 29.2 Å². The second kappa shape index (κ2) is 2.93. The molecule has 0 aliphatic carbocycles. The molecule has 0 spiro atoms. The molecular formula is C3H4CoN2. The Morgan fingerprint density at radius 2 is 2.33 bits per heavy atom. The number of nitrogens with zero attached hydrogens (tertiary/aromatic N) is 1. The van der Waals surface area contributed by atoms with Crippen molar-refractivity contribution < 1.29 is 16.8 Å². The van der Waals surface area contributed by atoms with Crippen molar-refractivity contribution in [2.24, 2.45) is 0 Å². The first-order valence-electron chi connectivity index (χ1n) is 1.43. The zero-order valence-corrected chi connectivity index (χ0v) is 4.05. The van der Waals surface area contributed by atoms with Crippen LogP contribution in [-0.2, 0) is 16.8 Å². The monoisotopic (exact) mass is 127 g/mol. The summed E-state index contributed by atoms with van der Waals surface area (Å²) in [5, 5.41) is 0. The first-order valence-corrected chi connectivity index (χ1v) is 1.43. The van der Waals surface area contributed by atoms with Crippen LogP contribution in [0, 0.1) is 0 Å². The summed E-state index contributed by atoms with van der Waals surface area (Å²) in [6.45, 7) is 0. The van der Waals surface area contributed by atoms with Gasteiger partial charge < -0.3 is 4.98 Å². The normalized spacial score (nSPS) is 6.67. The fraction of sp³-hybridized carbons (Fsp3) is 0. The van der Waals surface area contributed by atoms with Gasteiger partial charge in [-0.3, -0.25) is 0 Å². The fourth-order valence-electron chi connectivity index (χ4n) is 0.215. The molecule has 0 saturated carbocycles. The molecule has 1 rings (SSSR count). The van der Waals surface area contributed by atoms with Gasteiger partial charge in [0.1, 0.15) is 0 Å². The van der Waals surface area contributed by atoms with Crippen molar-refractivity contribution in [1.82, 2.24) is 9.97 Å². The van der Waals surface area contributed by atoms with E-state index < -0.39 is 0 Å². The Hall–Kier alpha value is -0.284. The molecule has 2 nitrogen and oxygen atoms in total. The van der Waals surface area contributed by atoms with Gasteiger partial charge in [0.15, 0.2) is 0 Å². The van der Waals surface area contributed by atoms with Crippen LogP contribution < -0.4 is 0 Å². The number of hydrogen-bond acceptors (Lipinski definition) is 1. The zero-order chi connectivity index (χ0) is 3.54. The average Bonchev–Trinajstić information content (AvgIpc) is 1.76. The SMILES string of the molecule is [Co].c1c[nH]cn1. The Balaban J connectivity index is 0.000000250. The molecule has 1 N–H and O–H groups in total. The maximum Gasteiger partial charge on any atom is 0.0919 e. The molecule has 0 saturated heterocycles. The van der Waals surface area contributed by atoms with E-state index in [0.29, 0.717) is 0 Å². The predicted molar refractivity (Wildman–Crippen MR) is 18.6 cm³/mol. The van der Waals surface area contributed by atoms with Gasteiger partial charge in [0.05, 0.1) is 6.33 Å². The molecule has 35 valence electrons. The van der Waals surface area contributed by atoms with E-state index in [1.807, 2.05) is 0 Å². The molecule has 6 heavy (non-hydrogen) atoms. The van der Waals surface area contributed by atoms with Crippen molar-refractivity contribution >= 4 is 0 Å². The van der Waals surface area contributed by atoms with Crippen LogP contribution in [0.3, 0.4) is 0 Å². The molecule has 0 aliphatic rings. The molecule has 0 aliphatic heterocycles. The van der Waals surface area contributed by atoms with Crippen molar-refractivity contribution in [3.05, 3.63) is 18.7 Å². The second-order valence-corrected chi connectivity index (χ2v) is 0.761. The average molecular weight is 127 g/mol. The number of aromatic amines is 1. The molecule has 1 aromatic rings. The third kappa shape index (κ3) is 1.23. The number of rotatable bonds is 0. The summed E-state index contributed by atoms with van der Waals surface area (Å²) in [7, 11) is 0. The predicted octanol–water partition coefficient (Wildman–Crippen LogP) is 0.407. The first-order chi connectivity index (χ1) is 2.50. The van der Waals surface area contributed by atoms with Crippen LogP contribution in [-0.4, -0.2) is 9.97 Å². The number of imidazole rings is 1.